The van der Waals surface area contributed by atoms with Crippen LogP contribution in [-0.2, 0) is 18.3 Å². The number of carbonyl (C=O) groups excluding carboxylic acids is 1. The van der Waals surface area contributed by atoms with Gasteiger partial charge in [0.2, 0.25) is 0 Å². The van der Waals surface area contributed by atoms with Crippen LogP contribution in [0.25, 0.3) is 0 Å². The van der Waals surface area contributed by atoms with E-state index in [0.717, 1.165) is 36.9 Å². The number of aryl methyl sites for hydroxylation is 2. The van der Waals surface area contributed by atoms with Crippen molar-refractivity contribution in [2.24, 2.45) is 13.0 Å². The van der Waals surface area contributed by atoms with Gasteiger partial charge in [0, 0.05) is 24.9 Å². The van der Waals surface area contributed by atoms with Gasteiger partial charge in [0.15, 0.2) is 0 Å². The van der Waals surface area contributed by atoms with Crippen LogP contribution < -0.4 is 0 Å². The summed E-state index contributed by atoms with van der Waals surface area (Å²) in [5, 5.41) is 4.96. The normalized spacial score (nSPS) is 15.4. The lowest BCUT2D eigenvalue weighted by atomic mass is 10.1. The molecule has 0 atom stereocenters. The first-order valence-corrected chi connectivity index (χ1v) is 6.18. The SMILES string of the molecule is Cc1nn(C)c(Cl)c1CCCC(=O)C1CC1. The summed E-state index contributed by atoms with van der Waals surface area (Å²) in [5.41, 5.74) is 2.07. The molecule has 3 nitrogen and oxygen atoms in total. The molecule has 1 aromatic rings. The minimum Gasteiger partial charge on any atom is -0.299 e. The predicted molar refractivity (Wildman–Crippen MR) is 63.6 cm³/mol. The van der Waals surface area contributed by atoms with Gasteiger partial charge in [-0.25, -0.2) is 0 Å². The number of carbonyl (C=O) groups is 1. The molecule has 0 aliphatic heterocycles. The van der Waals surface area contributed by atoms with Crippen molar-refractivity contribution in [3.8, 4) is 0 Å². The Morgan fingerprint density at radius 3 is 2.75 bits per heavy atom. The van der Waals surface area contributed by atoms with E-state index in [2.05, 4.69) is 5.10 Å². The summed E-state index contributed by atoms with van der Waals surface area (Å²) in [6.07, 6.45) is 4.64. The third-order valence-electron chi connectivity index (χ3n) is 3.15. The Balaban J connectivity index is 1.86. The monoisotopic (exact) mass is 240 g/mol. The summed E-state index contributed by atoms with van der Waals surface area (Å²) in [5.74, 6) is 0.808. The van der Waals surface area contributed by atoms with Crippen molar-refractivity contribution in [2.75, 3.05) is 0 Å². The van der Waals surface area contributed by atoms with Gasteiger partial charge in [0.25, 0.3) is 0 Å². The van der Waals surface area contributed by atoms with E-state index in [4.69, 9.17) is 11.6 Å². The van der Waals surface area contributed by atoms with E-state index >= 15 is 0 Å². The first-order chi connectivity index (χ1) is 7.59. The third-order valence-corrected chi connectivity index (χ3v) is 3.63. The molecule has 0 bridgehead atoms. The Morgan fingerprint density at radius 1 is 1.56 bits per heavy atom. The van der Waals surface area contributed by atoms with E-state index in [9.17, 15) is 4.79 Å². The zero-order chi connectivity index (χ0) is 11.7. The standard InChI is InChI=1S/C12H17ClN2O/c1-8-10(12(13)15(2)14-8)4-3-5-11(16)9-6-7-9/h9H,3-7H2,1-2H3. The van der Waals surface area contributed by atoms with Gasteiger partial charge in [-0.05, 0) is 32.6 Å². The average Bonchev–Trinajstić information content (AvgIpc) is 3.02. The smallest absolute Gasteiger partial charge is 0.135 e. The first-order valence-electron chi connectivity index (χ1n) is 5.80. The molecule has 4 heteroatoms. The highest BCUT2D eigenvalue weighted by molar-refractivity contribution is 6.30. The Labute approximate surface area is 101 Å². The van der Waals surface area contributed by atoms with Crippen LogP contribution in [0.5, 0.6) is 0 Å². The zero-order valence-corrected chi connectivity index (χ0v) is 10.5. The molecule has 0 radical (unpaired) electrons. The molecule has 0 saturated heterocycles. The van der Waals surface area contributed by atoms with Gasteiger partial charge < -0.3 is 0 Å². The summed E-state index contributed by atoms with van der Waals surface area (Å²) in [4.78, 5) is 11.5. The van der Waals surface area contributed by atoms with E-state index in [1.54, 1.807) is 4.68 Å². The molecule has 0 amide bonds. The lowest BCUT2D eigenvalue weighted by Crippen LogP contribution is -2.01. The molecule has 0 aromatic carbocycles. The summed E-state index contributed by atoms with van der Waals surface area (Å²) >= 11 is 6.12. The van der Waals surface area contributed by atoms with E-state index < -0.39 is 0 Å². The first kappa shape index (κ1) is 11.6. The lowest BCUT2D eigenvalue weighted by molar-refractivity contribution is -0.120. The van der Waals surface area contributed by atoms with Crippen molar-refractivity contribution in [3.05, 3.63) is 16.4 Å². The molecule has 0 N–H and O–H groups in total. The molecule has 1 aliphatic carbocycles. The van der Waals surface area contributed by atoms with Crippen molar-refractivity contribution < 1.29 is 4.79 Å². The van der Waals surface area contributed by atoms with Gasteiger partial charge in [0.05, 0.1) is 5.69 Å². The number of hydrogen-bond acceptors (Lipinski definition) is 2. The van der Waals surface area contributed by atoms with Crippen LogP contribution in [0.15, 0.2) is 0 Å². The highest BCUT2D eigenvalue weighted by Crippen LogP contribution is 2.31. The second kappa shape index (κ2) is 4.58. The number of ketones is 1. The number of rotatable bonds is 5. The van der Waals surface area contributed by atoms with Gasteiger partial charge in [-0.15, -0.1) is 0 Å². The van der Waals surface area contributed by atoms with Crippen LogP contribution in [0.3, 0.4) is 0 Å². The number of aromatic nitrogens is 2. The Hall–Kier alpha value is -0.830. The van der Waals surface area contributed by atoms with Gasteiger partial charge in [-0.1, -0.05) is 11.6 Å². The third kappa shape index (κ3) is 2.46. The van der Waals surface area contributed by atoms with Gasteiger partial charge in [-0.3, -0.25) is 9.48 Å². The van der Waals surface area contributed by atoms with Gasteiger partial charge >= 0.3 is 0 Å². The summed E-state index contributed by atoms with van der Waals surface area (Å²) < 4.78 is 1.69. The molecular weight excluding hydrogens is 224 g/mol. The summed E-state index contributed by atoms with van der Waals surface area (Å²) in [6, 6.07) is 0. The fraction of sp³-hybridized carbons (Fsp3) is 0.667. The molecule has 1 aliphatic rings. The molecule has 16 heavy (non-hydrogen) atoms. The minimum atomic E-state index is 0.380. The van der Waals surface area contributed by atoms with Crippen LogP contribution >= 0.6 is 11.6 Å². The Morgan fingerprint density at radius 2 is 2.25 bits per heavy atom. The van der Waals surface area contributed by atoms with Gasteiger partial charge in [0.1, 0.15) is 10.9 Å². The maximum atomic E-state index is 11.5. The molecule has 1 heterocycles. The molecule has 1 aromatic heterocycles. The van der Waals surface area contributed by atoms with Crippen molar-refractivity contribution in [1.82, 2.24) is 9.78 Å². The Kier molecular flexibility index (Phi) is 3.33. The molecule has 2 rings (SSSR count). The lowest BCUT2D eigenvalue weighted by Gasteiger charge is -2.00. The van der Waals surface area contributed by atoms with Crippen LogP contribution in [0, 0.1) is 12.8 Å². The van der Waals surface area contributed by atoms with Crippen LogP contribution in [-0.4, -0.2) is 15.6 Å². The highest BCUT2D eigenvalue weighted by atomic mass is 35.5. The molecule has 88 valence electrons. The van der Waals surface area contributed by atoms with Crippen LogP contribution in [0.1, 0.15) is 36.9 Å². The molecule has 0 spiro atoms. The quantitative estimate of drug-likeness (QED) is 0.793. The van der Waals surface area contributed by atoms with E-state index in [1.165, 1.54) is 0 Å². The second-order valence-corrected chi connectivity index (χ2v) is 4.93. The zero-order valence-electron chi connectivity index (χ0n) is 9.79. The Bertz CT molecular complexity index is 407. The van der Waals surface area contributed by atoms with Crippen molar-refractivity contribution in [1.29, 1.82) is 0 Å². The maximum absolute atomic E-state index is 11.5. The fourth-order valence-electron chi connectivity index (χ4n) is 2.01. The number of hydrogen-bond donors (Lipinski definition) is 0. The van der Waals surface area contributed by atoms with Crippen molar-refractivity contribution >= 4 is 17.4 Å². The minimum absolute atomic E-state index is 0.380. The molecule has 1 fully saturated rings. The average molecular weight is 241 g/mol. The second-order valence-electron chi connectivity index (χ2n) is 4.57. The van der Waals surface area contributed by atoms with E-state index in [1.807, 2.05) is 14.0 Å². The molecule has 1 saturated carbocycles. The number of Topliss-reactive ketones (excluding diaryl/α,β-unsaturated/α-hetero) is 1. The fourth-order valence-corrected chi connectivity index (χ4v) is 2.28. The predicted octanol–water partition coefficient (Wildman–Crippen LogP) is 2.68. The number of nitrogens with zero attached hydrogens (tertiary/aromatic N) is 2. The maximum Gasteiger partial charge on any atom is 0.135 e. The van der Waals surface area contributed by atoms with Crippen LogP contribution in [0.2, 0.25) is 5.15 Å². The van der Waals surface area contributed by atoms with Crippen molar-refractivity contribution in [2.45, 2.75) is 39.0 Å². The van der Waals surface area contributed by atoms with E-state index in [0.29, 0.717) is 23.3 Å². The topological polar surface area (TPSA) is 34.9 Å². The molecular formula is C12H17ClN2O. The number of halogens is 1. The summed E-state index contributed by atoms with van der Waals surface area (Å²) in [7, 11) is 1.84. The van der Waals surface area contributed by atoms with E-state index in [-0.39, 0.29) is 0 Å². The van der Waals surface area contributed by atoms with Crippen LogP contribution in [0.4, 0.5) is 0 Å². The molecule has 0 unspecified atom stereocenters. The highest BCUT2D eigenvalue weighted by Gasteiger charge is 2.28. The summed E-state index contributed by atoms with van der Waals surface area (Å²) in [6.45, 7) is 1.96. The van der Waals surface area contributed by atoms with Crippen molar-refractivity contribution in [3.63, 3.8) is 0 Å². The van der Waals surface area contributed by atoms with Gasteiger partial charge in [-0.2, -0.15) is 5.10 Å². The largest absolute Gasteiger partial charge is 0.299 e.